The maximum absolute atomic E-state index is 13.1. The van der Waals surface area contributed by atoms with Crippen LogP contribution in [0.15, 0.2) is 24.3 Å². The largest absolute Gasteiger partial charge is 0.469 e. The molecule has 1 N–H and O–H groups in total. The molecule has 0 amide bonds. The van der Waals surface area contributed by atoms with Gasteiger partial charge in [0.1, 0.15) is 5.82 Å². The zero-order chi connectivity index (χ0) is 17.7. The lowest BCUT2D eigenvalue weighted by molar-refractivity contribution is -0.146. The van der Waals surface area contributed by atoms with Crippen molar-refractivity contribution < 1.29 is 13.9 Å². The van der Waals surface area contributed by atoms with Crippen molar-refractivity contribution in [3.8, 4) is 0 Å². The molecule has 5 atom stereocenters. The van der Waals surface area contributed by atoms with Crippen molar-refractivity contribution in [3.05, 3.63) is 35.6 Å². The molecule has 1 aliphatic carbocycles. The minimum Gasteiger partial charge on any atom is -0.469 e. The van der Waals surface area contributed by atoms with Gasteiger partial charge >= 0.3 is 5.97 Å². The van der Waals surface area contributed by atoms with Crippen molar-refractivity contribution in [2.45, 2.75) is 52.6 Å². The van der Waals surface area contributed by atoms with Crippen LogP contribution in [0, 0.1) is 29.5 Å². The highest BCUT2D eigenvalue weighted by atomic mass is 19.1. The van der Waals surface area contributed by atoms with Crippen molar-refractivity contribution in [2.24, 2.45) is 23.7 Å². The predicted molar refractivity (Wildman–Crippen MR) is 93.9 cm³/mol. The van der Waals surface area contributed by atoms with E-state index in [1.165, 1.54) is 25.7 Å². The molecule has 3 nitrogen and oxygen atoms in total. The number of methoxy groups -OCH3 is 1. The van der Waals surface area contributed by atoms with E-state index in [9.17, 15) is 9.18 Å². The molecular weight excluding hydrogens is 305 g/mol. The van der Waals surface area contributed by atoms with E-state index in [2.05, 4.69) is 19.2 Å². The molecule has 134 valence electrons. The Labute approximate surface area is 145 Å². The predicted octanol–water partition coefficient (Wildman–Crippen LogP) is 4.17. The molecule has 2 rings (SSSR count). The standard InChI is InChI=1S/C20H30FNO2/c1-5-6-17(18-11-13(18)2)19(14(3)20(23)24-4)22-12-15-7-9-16(21)10-8-15/h7-10,13-14,17-19,22H,5-6,11-12H2,1-4H3/t13?,14-,17?,18?,19-/m0/s1. The Morgan fingerprint density at radius 1 is 1.38 bits per heavy atom. The van der Waals surface area contributed by atoms with Gasteiger partial charge in [-0.3, -0.25) is 4.79 Å². The third-order valence-electron chi connectivity index (χ3n) is 5.37. The monoisotopic (exact) mass is 335 g/mol. The number of hydrogen-bond donors (Lipinski definition) is 1. The molecule has 0 spiro atoms. The summed E-state index contributed by atoms with van der Waals surface area (Å²) in [5.74, 6) is 1.30. The zero-order valence-corrected chi connectivity index (χ0v) is 15.2. The number of hydrogen-bond acceptors (Lipinski definition) is 3. The number of rotatable bonds is 9. The van der Waals surface area contributed by atoms with Crippen LogP contribution in [-0.4, -0.2) is 19.1 Å². The highest BCUT2D eigenvalue weighted by Gasteiger charge is 2.44. The lowest BCUT2D eigenvalue weighted by Crippen LogP contribution is -2.45. The molecule has 0 radical (unpaired) electrons. The van der Waals surface area contributed by atoms with Crippen molar-refractivity contribution in [1.29, 1.82) is 0 Å². The lowest BCUT2D eigenvalue weighted by atomic mass is 9.82. The average Bonchev–Trinajstić information content (AvgIpc) is 3.31. The molecule has 0 saturated heterocycles. The molecule has 1 saturated carbocycles. The summed E-state index contributed by atoms with van der Waals surface area (Å²) in [5.41, 5.74) is 1.03. The minimum absolute atomic E-state index is 0.0809. The molecular formula is C20H30FNO2. The van der Waals surface area contributed by atoms with E-state index in [-0.39, 0.29) is 23.7 Å². The van der Waals surface area contributed by atoms with Gasteiger partial charge in [-0.05, 0) is 48.3 Å². The van der Waals surface area contributed by atoms with Crippen molar-refractivity contribution in [1.82, 2.24) is 5.32 Å². The van der Waals surface area contributed by atoms with Gasteiger partial charge in [-0.1, -0.05) is 39.3 Å². The summed E-state index contributed by atoms with van der Waals surface area (Å²) in [4.78, 5) is 12.1. The first-order valence-electron chi connectivity index (χ1n) is 9.03. The number of ether oxygens (including phenoxy) is 1. The van der Waals surface area contributed by atoms with Gasteiger partial charge in [-0.15, -0.1) is 0 Å². The molecule has 24 heavy (non-hydrogen) atoms. The Bertz CT molecular complexity index is 531. The van der Waals surface area contributed by atoms with E-state index < -0.39 is 0 Å². The molecule has 0 bridgehead atoms. The Kier molecular flexibility index (Phi) is 6.79. The van der Waals surface area contributed by atoms with Crippen molar-refractivity contribution in [3.63, 3.8) is 0 Å². The summed E-state index contributed by atoms with van der Waals surface area (Å²) in [5, 5.41) is 3.57. The van der Waals surface area contributed by atoms with Crippen LogP contribution in [0.1, 0.15) is 45.6 Å². The Morgan fingerprint density at radius 3 is 2.50 bits per heavy atom. The number of carbonyl (C=O) groups is 1. The van der Waals surface area contributed by atoms with E-state index in [4.69, 9.17) is 4.74 Å². The van der Waals surface area contributed by atoms with Gasteiger partial charge in [0, 0.05) is 12.6 Å². The van der Waals surface area contributed by atoms with Crippen molar-refractivity contribution >= 4 is 5.97 Å². The van der Waals surface area contributed by atoms with Crippen molar-refractivity contribution in [2.75, 3.05) is 7.11 Å². The topological polar surface area (TPSA) is 38.3 Å². The van der Waals surface area contributed by atoms with E-state index in [0.29, 0.717) is 18.4 Å². The number of carbonyl (C=O) groups excluding carboxylic acids is 1. The second kappa shape index (κ2) is 8.61. The average molecular weight is 335 g/mol. The molecule has 4 heteroatoms. The van der Waals surface area contributed by atoms with Gasteiger partial charge in [-0.25, -0.2) is 4.39 Å². The van der Waals surface area contributed by atoms with Crippen LogP contribution in [0.4, 0.5) is 4.39 Å². The van der Waals surface area contributed by atoms with Gasteiger partial charge in [0.25, 0.3) is 0 Å². The first kappa shape index (κ1) is 18.9. The Hall–Kier alpha value is -1.42. The van der Waals surface area contributed by atoms with Gasteiger partial charge in [0.15, 0.2) is 0 Å². The Morgan fingerprint density at radius 2 is 2.00 bits per heavy atom. The summed E-state index contributed by atoms with van der Waals surface area (Å²) in [6.07, 6.45) is 3.46. The molecule has 0 aromatic heterocycles. The third-order valence-corrected chi connectivity index (χ3v) is 5.37. The van der Waals surface area contributed by atoms with E-state index in [0.717, 1.165) is 24.3 Å². The lowest BCUT2D eigenvalue weighted by Gasteiger charge is -2.32. The van der Waals surface area contributed by atoms with Gasteiger partial charge in [0.05, 0.1) is 13.0 Å². The molecule has 3 unspecified atom stereocenters. The number of benzene rings is 1. The summed E-state index contributed by atoms with van der Waals surface area (Å²) in [6, 6.07) is 6.61. The maximum Gasteiger partial charge on any atom is 0.309 e. The van der Waals surface area contributed by atoms with E-state index in [1.807, 2.05) is 6.92 Å². The normalized spacial score (nSPS) is 23.4. The second-order valence-electron chi connectivity index (χ2n) is 7.17. The summed E-state index contributed by atoms with van der Waals surface area (Å²) >= 11 is 0. The summed E-state index contributed by atoms with van der Waals surface area (Å²) in [7, 11) is 1.45. The van der Waals surface area contributed by atoms with Gasteiger partial charge < -0.3 is 10.1 Å². The van der Waals surface area contributed by atoms with Crippen LogP contribution in [0.3, 0.4) is 0 Å². The molecule has 1 aromatic carbocycles. The first-order valence-corrected chi connectivity index (χ1v) is 9.03. The number of halogens is 1. The molecule has 0 aliphatic heterocycles. The van der Waals surface area contributed by atoms with Gasteiger partial charge in [0.2, 0.25) is 0 Å². The third kappa shape index (κ3) is 4.79. The fourth-order valence-corrected chi connectivity index (χ4v) is 3.81. The minimum atomic E-state index is -0.228. The summed E-state index contributed by atoms with van der Waals surface area (Å²) in [6.45, 7) is 7.06. The first-order chi connectivity index (χ1) is 11.5. The SMILES string of the molecule is CCCC(C1CC1C)[C@@H](NCc1ccc(F)cc1)[C@H](C)C(=O)OC. The zero-order valence-electron chi connectivity index (χ0n) is 15.2. The highest BCUT2D eigenvalue weighted by Crippen LogP contribution is 2.47. The van der Waals surface area contributed by atoms with Crippen LogP contribution in [0.5, 0.6) is 0 Å². The van der Waals surface area contributed by atoms with Crippen LogP contribution < -0.4 is 5.32 Å². The summed E-state index contributed by atoms with van der Waals surface area (Å²) < 4.78 is 18.1. The maximum atomic E-state index is 13.1. The fourth-order valence-electron chi connectivity index (χ4n) is 3.81. The highest BCUT2D eigenvalue weighted by molar-refractivity contribution is 5.72. The quantitative estimate of drug-likeness (QED) is 0.689. The molecule has 0 heterocycles. The molecule has 1 aromatic rings. The fraction of sp³-hybridized carbons (Fsp3) is 0.650. The molecule has 1 aliphatic rings. The smallest absolute Gasteiger partial charge is 0.309 e. The van der Waals surface area contributed by atoms with Crippen LogP contribution in [0.2, 0.25) is 0 Å². The number of nitrogens with one attached hydrogen (secondary N) is 1. The second-order valence-corrected chi connectivity index (χ2v) is 7.17. The van der Waals surface area contributed by atoms with Gasteiger partial charge in [-0.2, -0.15) is 0 Å². The van der Waals surface area contributed by atoms with E-state index in [1.54, 1.807) is 12.1 Å². The molecule has 1 fully saturated rings. The van der Waals surface area contributed by atoms with Crippen LogP contribution >= 0.6 is 0 Å². The van der Waals surface area contributed by atoms with Crippen LogP contribution in [0.25, 0.3) is 0 Å². The van der Waals surface area contributed by atoms with E-state index >= 15 is 0 Å². The van der Waals surface area contributed by atoms with Crippen LogP contribution in [-0.2, 0) is 16.1 Å². The number of esters is 1. The Balaban J connectivity index is 2.11.